The van der Waals surface area contributed by atoms with Crippen LogP contribution < -0.4 is 5.32 Å². The molecule has 5 heteroatoms. The molecule has 21 heavy (non-hydrogen) atoms. The summed E-state index contributed by atoms with van der Waals surface area (Å²) in [4.78, 5) is 6.90. The Hall–Kier alpha value is -0.910. The second-order valence-corrected chi connectivity index (χ2v) is 6.63. The molecule has 3 rings (SSSR count). The number of nitrogens with zero attached hydrogens (tertiary/aromatic N) is 3. The van der Waals surface area contributed by atoms with Crippen LogP contribution in [0.15, 0.2) is 12.4 Å². The van der Waals surface area contributed by atoms with Crippen LogP contribution in [0.4, 0.5) is 0 Å². The zero-order chi connectivity index (χ0) is 14.7. The van der Waals surface area contributed by atoms with E-state index in [1.54, 1.807) is 0 Å². The van der Waals surface area contributed by atoms with Crippen molar-refractivity contribution in [3.63, 3.8) is 0 Å². The van der Waals surface area contributed by atoms with Crippen molar-refractivity contribution in [1.29, 1.82) is 0 Å². The van der Waals surface area contributed by atoms with Crippen molar-refractivity contribution >= 4 is 0 Å². The molecule has 0 saturated heterocycles. The lowest BCUT2D eigenvalue weighted by atomic mass is 9.91. The van der Waals surface area contributed by atoms with E-state index >= 15 is 0 Å². The molecule has 1 fully saturated rings. The third kappa shape index (κ3) is 3.65. The lowest BCUT2D eigenvalue weighted by Crippen LogP contribution is -2.49. The van der Waals surface area contributed by atoms with E-state index in [2.05, 4.69) is 32.9 Å². The Bertz CT molecular complexity index is 451. The third-order valence-corrected chi connectivity index (χ3v) is 5.02. The molecule has 1 unspecified atom stereocenters. The minimum atomic E-state index is -0.0601. The first kappa shape index (κ1) is 15.0. The summed E-state index contributed by atoms with van der Waals surface area (Å²) in [5, 5.41) is 13.5. The van der Waals surface area contributed by atoms with E-state index in [9.17, 15) is 5.11 Å². The first-order valence-electron chi connectivity index (χ1n) is 8.35. The molecule has 0 aromatic carbocycles. The standard InChI is InChI=1S/C16H28N4O/c1-2-16(13-21,18-14-4-5-14)6-3-8-19-10-11-20-9-7-17-15(20)12-19/h7,9,14,18,21H,2-6,8,10-13H2,1H3. The van der Waals surface area contributed by atoms with Gasteiger partial charge in [0.15, 0.2) is 0 Å². The van der Waals surface area contributed by atoms with Crippen LogP contribution in [0.5, 0.6) is 0 Å². The van der Waals surface area contributed by atoms with Gasteiger partial charge in [-0.05, 0) is 38.6 Å². The van der Waals surface area contributed by atoms with Gasteiger partial charge in [0.05, 0.1) is 13.2 Å². The number of imidazole rings is 1. The van der Waals surface area contributed by atoms with Crippen molar-refractivity contribution in [3.05, 3.63) is 18.2 Å². The molecule has 1 aliphatic carbocycles. The Kier molecular flexibility index (Phi) is 4.62. The first-order chi connectivity index (χ1) is 10.2. The average molecular weight is 292 g/mol. The zero-order valence-corrected chi connectivity index (χ0v) is 13.1. The van der Waals surface area contributed by atoms with E-state index in [1.807, 2.05) is 6.20 Å². The number of hydrogen-bond donors (Lipinski definition) is 2. The third-order valence-electron chi connectivity index (χ3n) is 5.02. The van der Waals surface area contributed by atoms with Crippen LogP contribution in [-0.4, -0.2) is 50.8 Å². The van der Waals surface area contributed by atoms with Crippen molar-refractivity contribution in [1.82, 2.24) is 19.8 Å². The number of aliphatic hydroxyl groups excluding tert-OH is 1. The molecule has 118 valence electrons. The van der Waals surface area contributed by atoms with Crippen molar-refractivity contribution in [2.45, 2.75) is 63.7 Å². The van der Waals surface area contributed by atoms with Crippen LogP contribution >= 0.6 is 0 Å². The molecule has 5 nitrogen and oxygen atoms in total. The van der Waals surface area contributed by atoms with Gasteiger partial charge in [0.25, 0.3) is 0 Å². The number of nitrogens with one attached hydrogen (secondary N) is 1. The second kappa shape index (κ2) is 6.46. The van der Waals surface area contributed by atoms with E-state index in [0.717, 1.165) is 45.4 Å². The predicted molar refractivity (Wildman–Crippen MR) is 83.0 cm³/mol. The Morgan fingerprint density at radius 1 is 1.43 bits per heavy atom. The Morgan fingerprint density at radius 2 is 2.29 bits per heavy atom. The molecule has 2 N–H and O–H groups in total. The van der Waals surface area contributed by atoms with Gasteiger partial charge in [-0.15, -0.1) is 0 Å². The lowest BCUT2D eigenvalue weighted by Gasteiger charge is -2.34. The predicted octanol–water partition coefficient (Wildman–Crippen LogP) is 1.37. The summed E-state index contributed by atoms with van der Waals surface area (Å²) in [5.74, 6) is 1.18. The smallest absolute Gasteiger partial charge is 0.122 e. The first-order valence-corrected chi connectivity index (χ1v) is 8.35. The van der Waals surface area contributed by atoms with Crippen LogP contribution in [0, 0.1) is 0 Å². The molecule has 2 aliphatic rings. The maximum atomic E-state index is 9.80. The lowest BCUT2D eigenvalue weighted by molar-refractivity contribution is 0.132. The SMILES string of the molecule is CCC(CO)(CCCN1CCn2ccnc2C1)NC1CC1. The summed E-state index contributed by atoms with van der Waals surface area (Å²) in [7, 11) is 0. The molecular weight excluding hydrogens is 264 g/mol. The van der Waals surface area contributed by atoms with E-state index in [4.69, 9.17) is 0 Å². The summed E-state index contributed by atoms with van der Waals surface area (Å²) in [6.07, 6.45) is 9.71. The molecular formula is C16H28N4O. The van der Waals surface area contributed by atoms with E-state index in [-0.39, 0.29) is 12.1 Å². The molecule has 0 bridgehead atoms. The monoisotopic (exact) mass is 292 g/mol. The highest BCUT2D eigenvalue weighted by molar-refractivity contribution is 4.96. The van der Waals surface area contributed by atoms with Gasteiger partial charge in [-0.1, -0.05) is 6.92 Å². The van der Waals surface area contributed by atoms with Gasteiger partial charge in [0, 0.05) is 37.1 Å². The molecule has 2 heterocycles. The normalized spacial score (nSPS) is 22.0. The topological polar surface area (TPSA) is 53.3 Å². The van der Waals surface area contributed by atoms with Crippen LogP contribution in [0.1, 0.15) is 44.9 Å². The maximum absolute atomic E-state index is 9.80. The van der Waals surface area contributed by atoms with E-state index < -0.39 is 0 Å². The molecule has 1 aliphatic heterocycles. The fourth-order valence-corrected chi connectivity index (χ4v) is 3.30. The Balaban J connectivity index is 1.46. The molecule has 1 aromatic heterocycles. The minimum absolute atomic E-state index is 0.0601. The van der Waals surface area contributed by atoms with Crippen LogP contribution in [-0.2, 0) is 13.1 Å². The van der Waals surface area contributed by atoms with Gasteiger partial charge in [-0.2, -0.15) is 0 Å². The summed E-state index contributed by atoms with van der Waals surface area (Å²) in [5.41, 5.74) is -0.0601. The number of hydrogen-bond acceptors (Lipinski definition) is 4. The van der Waals surface area contributed by atoms with Gasteiger partial charge < -0.3 is 15.0 Å². The fourth-order valence-electron chi connectivity index (χ4n) is 3.30. The van der Waals surface area contributed by atoms with Crippen LogP contribution in [0.25, 0.3) is 0 Å². The highest BCUT2D eigenvalue weighted by atomic mass is 16.3. The second-order valence-electron chi connectivity index (χ2n) is 6.63. The summed E-state index contributed by atoms with van der Waals surface area (Å²) in [6.45, 7) is 6.65. The van der Waals surface area contributed by atoms with Gasteiger partial charge >= 0.3 is 0 Å². The summed E-state index contributed by atoms with van der Waals surface area (Å²) in [6, 6.07) is 0.652. The van der Waals surface area contributed by atoms with Gasteiger partial charge in [-0.3, -0.25) is 4.90 Å². The number of aliphatic hydroxyl groups is 1. The highest BCUT2D eigenvalue weighted by Gasteiger charge is 2.34. The quantitative estimate of drug-likeness (QED) is 0.760. The van der Waals surface area contributed by atoms with Crippen LogP contribution in [0.2, 0.25) is 0 Å². The molecule has 0 radical (unpaired) electrons. The highest BCUT2D eigenvalue weighted by Crippen LogP contribution is 2.27. The van der Waals surface area contributed by atoms with Crippen molar-refractivity contribution in [2.24, 2.45) is 0 Å². The van der Waals surface area contributed by atoms with Gasteiger partial charge in [0.1, 0.15) is 5.82 Å². The van der Waals surface area contributed by atoms with Gasteiger partial charge in [-0.25, -0.2) is 4.98 Å². The maximum Gasteiger partial charge on any atom is 0.122 e. The minimum Gasteiger partial charge on any atom is -0.394 e. The number of rotatable bonds is 8. The Labute approximate surface area is 127 Å². The van der Waals surface area contributed by atoms with E-state index in [1.165, 1.54) is 18.7 Å². The molecule has 1 saturated carbocycles. The Morgan fingerprint density at radius 3 is 3.00 bits per heavy atom. The fraction of sp³-hybridized carbons (Fsp3) is 0.812. The molecule has 0 amide bonds. The van der Waals surface area contributed by atoms with Crippen LogP contribution in [0.3, 0.4) is 0 Å². The van der Waals surface area contributed by atoms with Crippen molar-refractivity contribution in [3.8, 4) is 0 Å². The van der Waals surface area contributed by atoms with Gasteiger partial charge in [0.2, 0.25) is 0 Å². The molecule has 0 spiro atoms. The summed E-state index contributed by atoms with van der Waals surface area (Å²) >= 11 is 0. The van der Waals surface area contributed by atoms with Crippen molar-refractivity contribution in [2.75, 3.05) is 19.7 Å². The largest absolute Gasteiger partial charge is 0.394 e. The van der Waals surface area contributed by atoms with Crippen molar-refractivity contribution < 1.29 is 5.11 Å². The summed E-state index contributed by atoms with van der Waals surface area (Å²) < 4.78 is 2.25. The molecule has 1 aromatic rings. The average Bonchev–Trinajstić information content (AvgIpc) is 3.20. The zero-order valence-electron chi connectivity index (χ0n) is 13.1. The van der Waals surface area contributed by atoms with E-state index in [0.29, 0.717) is 6.04 Å². The molecule has 1 atom stereocenters. The number of aromatic nitrogens is 2. The number of fused-ring (bicyclic) bond motifs is 1.